The standard InChI is InChI=1S/C12H14N2O2S/c1-2-16-12(15)10-8-5-3-4-6-9(8)17-11(10)14-7-13/h14H,2-6H2,1H3. The Hall–Kier alpha value is -1.54. The van der Waals surface area contributed by atoms with Crippen molar-refractivity contribution in [3.8, 4) is 6.19 Å². The molecule has 90 valence electrons. The summed E-state index contributed by atoms with van der Waals surface area (Å²) in [6.07, 6.45) is 6.05. The number of hydrogen-bond acceptors (Lipinski definition) is 5. The first-order chi connectivity index (χ1) is 8.27. The van der Waals surface area contributed by atoms with Gasteiger partial charge in [-0.3, -0.25) is 5.32 Å². The first-order valence-corrected chi connectivity index (χ1v) is 6.56. The minimum atomic E-state index is -0.315. The number of hydrogen-bond donors (Lipinski definition) is 1. The number of nitrogens with one attached hydrogen (secondary N) is 1. The van der Waals surface area contributed by atoms with Gasteiger partial charge in [-0.1, -0.05) is 0 Å². The number of carbonyl (C=O) groups is 1. The lowest BCUT2D eigenvalue weighted by molar-refractivity contribution is 0.0526. The molecule has 0 fully saturated rings. The highest BCUT2D eigenvalue weighted by Crippen LogP contribution is 2.38. The predicted molar refractivity (Wildman–Crippen MR) is 66.2 cm³/mol. The maximum Gasteiger partial charge on any atom is 0.341 e. The maximum absolute atomic E-state index is 11.9. The lowest BCUT2D eigenvalue weighted by atomic mass is 9.95. The Bertz CT molecular complexity index is 474. The summed E-state index contributed by atoms with van der Waals surface area (Å²) in [4.78, 5) is 13.1. The monoisotopic (exact) mass is 250 g/mol. The molecular formula is C12H14N2O2S. The van der Waals surface area contributed by atoms with Crippen molar-refractivity contribution in [2.24, 2.45) is 0 Å². The molecule has 1 N–H and O–H groups in total. The normalized spacial score (nSPS) is 13.6. The fourth-order valence-corrected chi connectivity index (χ4v) is 3.35. The Balaban J connectivity index is 2.42. The van der Waals surface area contributed by atoms with E-state index < -0.39 is 0 Å². The van der Waals surface area contributed by atoms with Crippen molar-refractivity contribution in [1.29, 1.82) is 5.26 Å². The Labute approximate surface area is 104 Å². The number of fused-ring (bicyclic) bond motifs is 1. The molecule has 0 amide bonds. The topological polar surface area (TPSA) is 62.1 Å². The van der Waals surface area contributed by atoms with Gasteiger partial charge in [0.1, 0.15) is 5.00 Å². The van der Waals surface area contributed by atoms with Crippen molar-refractivity contribution in [3.63, 3.8) is 0 Å². The van der Waals surface area contributed by atoms with E-state index in [0.717, 1.165) is 31.2 Å². The fraction of sp³-hybridized carbons (Fsp3) is 0.500. The molecule has 2 rings (SSSR count). The van der Waals surface area contributed by atoms with Crippen LogP contribution in [0.4, 0.5) is 5.00 Å². The van der Waals surface area contributed by atoms with E-state index in [1.807, 2.05) is 6.19 Å². The molecule has 0 spiro atoms. The van der Waals surface area contributed by atoms with Crippen LogP contribution in [0.25, 0.3) is 0 Å². The molecule has 17 heavy (non-hydrogen) atoms. The highest BCUT2D eigenvalue weighted by Gasteiger charge is 2.26. The zero-order valence-corrected chi connectivity index (χ0v) is 10.5. The van der Waals surface area contributed by atoms with Crippen LogP contribution in [0.15, 0.2) is 0 Å². The highest BCUT2D eigenvalue weighted by atomic mass is 32.1. The first-order valence-electron chi connectivity index (χ1n) is 5.74. The van der Waals surface area contributed by atoms with Crippen molar-refractivity contribution < 1.29 is 9.53 Å². The highest BCUT2D eigenvalue weighted by molar-refractivity contribution is 7.16. The van der Waals surface area contributed by atoms with E-state index in [2.05, 4.69) is 5.32 Å². The van der Waals surface area contributed by atoms with E-state index in [-0.39, 0.29) is 5.97 Å². The SMILES string of the molecule is CCOC(=O)c1c(NC#N)sc2c1CCCC2. The van der Waals surface area contributed by atoms with Gasteiger partial charge in [-0.2, -0.15) is 5.26 Å². The zero-order valence-electron chi connectivity index (χ0n) is 9.71. The van der Waals surface area contributed by atoms with Gasteiger partial charge < -0.3 is 4.74 Å². The number of anilines is 1. The molecule has 0 saturated heterocycles. The van der Waals surface area contributed by atoms with Crippen LogP contribution in [-0.4, -0.2) is 12.6 Å². The van der Waals surface area contributed by atoms with E-state index in [9.17, 15) is 4.79 Å². The van der Waals surface area contributed by atoms with Gasteiger partial charge in [0.05, 0.1) is 12.2 Å². The molecular weight excluding hydrogens is 236 g/mol. The molecule has 0 saturated carbocycles. The third-order valence-electron chi connectivity index (χ3n) is 2.82. The van der Waals surface area contributed by atoms with Crippen molar-refractivity contribution in [3.05, 3.63) is 16.0 Å². The molecule has 1 aromatic heterocycles. The Morgan fingerprint density at radius 2 is 2.29 bits per heavy atom. The minimum absolute atomic E-state index is 0.315. The second kappa shape index (κ2) is 5.19. The summed E-state index contributed by atoms with van der Waals surface area (Å²) < 4.78 is 5.06. The van der Waals surface area contributed by atoms with Crippen LogP contribution in [0, 0.1) is 11.5 Å². The molecule has 1 aromatic rings. The molecule has 0 unspecified atom stereocenters. The number of carbonyl (C=O) groups excluding carboxylic acids is 1. The van der Waals surface area contributed by atoms with Crippen LogP contribution >= 0.6 is 11.3 Å². The summed E-state index contributed by atoms with van der Waals surface area (Å²) in [5, 5.41) is 11.9. The molecule has 0 radical (unpaired) electrons. The van der Waals surface area contributed by atoms with Gasteiger partial charge in [0.15, 0.2) is 6.19 Å². The van der Waals surface area contributed by atoms with E-state index in [1.54, 1.807) is 6.92 Å². The summed E-state index contributed by atoms with van der Waals surface area (Å²) >= 11 is 1.51. The number of ether oxygens (including phenoxy) is 1. The van der Waals surface area contributed by atoms with Crippen LogP contribution < -0.4 is 5.32 Å². The Morgan fingerprint density at radius 1 is 1.53 bits per heavy atom. The van der Waals surface area contributed by atoms with Crippen LogP contribution in [-0.2, 0) is 17.6 Å². The van der Waals surface area contributed by atoms with Gasteiger partial charge in [0.25, 0.3) is 0 Å². The Kier molecular flexibility index (Phi) is 3.64. The average Bonchev–Trinajstić information content (AvgIpc) is 2.67. The van der Waals surface area contributed by atoms with Crippen molar-refractivity contribution in [2.45, 2.75) is 32.6 Å². The number of esters is 1. The molecule has 0 aliphatic heterocycles. The molecule has 1 aliphatic carbocycles. The van der Waals surface area contributed by atoms with Crippen LogP contribution in [0.2, 0.25) is 0 Å². The van der Waals surface area contributed by atoms with Crippen molar-refractivity contribution >= 4 is 22.3 Å². The molecule has 5 heteroatoms. The number of thiophene rings is 1. The maximum atomic E-state index is 11.9. The summed E-state index contributed by atoms with van der Waals surface area (Å²) in [5.74, 6) is -0.315. The van der Waals surface area contributed by atoms with Crippen LogP contribution in [0.1, 0.15) is 40.6 Å². The molecule has 0 atom stereocenters. The lowest BCUT2D eigenvalue weighted by Crippen LogP contribution is -2.10. The van der Waals surface area contributed by atoms with Gasteiger partial charge in [0.2, 0.25) is 0 Å². The lowest BCUT2D eigenvalue weighted by Gasteiger charge is -2.11. The predicted octanol–water partition coefficient (Wildman–Crippen LogP) is 2.70. The van der Waals surface area contributed by atoms with Crippen LogP contribution in [0.3, 0.4) is 0 Å². The van der Waals surface area contributed by atoms with Crippen molar-refractivity contribution in [2.75, 3.05) is 11.9 Å². The number of rotatable bonds is 3. The van der Waals surface area contributed by atoms with E-state index in [4.69, 9.17) is 10.00 Å². The number of aryl methyl sites for hydroxylation is 1. The molecule has 1 aliphatic rings. The van der Waals surface area contributed by atoms with E-state index in [1.165, 1.54) is 16.2 Å². The largest absolute Gasteiger partial charge is 0.462 e. The summed E-state index contributed by atoms with van der Waals surface area (Å²) in [6.45, 7) is 2.14. The molecule has 0 bridgehead atoms. The first kappa shape index (κ1) is 11.9. The number of nitriles is 1. The quantitative estimate of drug-likeness (QED) is 0.509. The van der Waals surface area contributed by atoms with Gasteiger partial charge >= 0.3 is 5.97 Å². The second-order valence-electron chi connectivity index (χ2n) is 3.87. The fourth-order valence-electron chi connectivity index (χ4n) is 2.12. The van der Waals surface area contributed by atoms with Gasteiger partial charge in [-0.05, 0) is 38.2 Å². The smallest absolute Gasteiger partial charge is 0.341 e. The van der Waals surface area contributed by atoms with Crippen LogP contribution in [0.5, 0.6) is 0 Å². The van der Waals surface area contributed by atoms with Gasteiger partial charge in [0, 0.05) is 4.88 Å². The molecule has 0 aromatic carbocycles. The van der Waals surface area contributed by atoms with E-state index >= 15 is 0 Å². The van der Waals surface area contributed by atoms with Gasteiger partial charge in [-0.15, -0.1) is 11.3 Å². The molecule has 1 heterocycles. The minimum Gasteiger partial charge on any atom is -0.462 e. The Morgan fingerprint density at radius 3 is 3.00 bits per heavy atom. The van der Waals surface area contributed by atoms with Crippen molar-refractivity contribution in [1.82, 2.24) is 0 Å². The average molecular weight is 250 g/mol. The van der Waals surface area contributed by atoms with Gasteiger partial charge in [-0.25, -0.2) is 4.79 Å². The van der Waals surface area contributed by atoms with E-state index in [0.29, 0.717) is 17.2 Å². The molecule has 4 nitrogen and oxygen atoms in total. The third-order valence-corrected chi connectivity index (χ3v) is 4.03. The third kappa shape index (κ3) is 2.27. The number of nitrogens with zero attached hydrogens (tertiary/aromatic N) is 1. The summed E-state index contributed by atoms with van der Waals surface area (Å²) in [7, 11) is 0. The zero-order chi connectivity index (χ0) is 12.3. The second-order valence-corrected chi connectivity index (χ2v) is 4.98. The summed E-state index contributed by atoms with van der Waals surface area (Å²) in [5.41, 5.74) is 1.66. The summed E-state index contributed by atoms with van der Waals surface area (Å²) in [6, 6.07) is 0.